The van der Waals surface area contributed by atoms with E-state index in [1.807, 2.05) is 38.1 Å². The van der Waals surface area contributed by atoms with Crippen LogP contribution in [0.15, 0.2) is 33.9 Å². The Morgan fingerprint density at radius 3 is 2.66 bits per heavy atom. The van der Waals surface area contributed by atoms with Gasteiger partial charge in [0.1, 0.15) is 5.82 Å². The number of amides is 1. The van der Waals surface area contributed by atoms with Crippen molar-refractivity contribution in [3.05, 3.63) is 55.7 Å². The first-order valence-electron chi connectivity index (χ1n) is 11.3. The van der Waals surface area contributed by atoms with Gasteiger partial charge in [-0.15, -0.1) is 0 Å². The van der Waals surface area contributed by atoms with Crippen LogP contribution in [0.5, 0.6) is 0 Å². The van der Waals surface area contributed by atoms with Gasteiger partial charge in [-0.2, -0.15) is 0 Å². The van der Waals surface area contributed by atoms with Crippen LogP contribution in [0, 0.1) is 0 Å². The van der Waals surface area contributed by atoms with E-state index in [4.69, 9.17) is 17.3 Å². The van der Waals surface area contributed by atoms with Crippen LogP contribution in [0.4, 0.5) is 11.5 Å². The van der Waals surface area contributed by atoms with E-state index in [1.165, 1.54) is 9.47 Å². The van der Waals surface area contributed by atoms with Crippen molar-refractivity contribution < 1.29 is 4.79 Å². The van der Waals surface area contributed by atoms with E-state index in [2.05, 4.69) is 10.3 Å². The summed E-state index contributed by atoms with van der Waals surface area (Å²) in [4.78, 5) is 42.4. The Hall–Kier alpha value is -2.58. The minimum absolute atomic E-state index is 0.00978. The van der Waals surface area contributed by atoms with Gasteiger partial charge in [-0.25, -0.2) is 4.79 Å². The minimum atomic E-state index is -0.625. The van der Waals surface area contributed by atoms with Crippen LogP contribution in [-0.4, -0.2) is 28.0 Å². The Morgan fingerprint density at radius 1 is 1.31 bits per heavy atom. The van der Waals surface area contributed by atoms with Crippen LogP contribution in [-0.2, 0) is 11.3 Å². The summed E-state index contributed by atoms with van der Waals surface area (Å²) < 4.78 is 1.36. The van der Waals surface area contributed by atoms with Crippen molar-refractivity contribution >= 4 is 29.0 Å². The summed E-state index contributed by atoms with van der Waals surface area (Å²) in [6, 6.07) is 7.18. The summed E-state index contributed by atoms with van der Waals surface area (Å²) in [5.41, 5.74) is 6.10. The Bertz CT molecular complexity index is 1060. The predicted molar refractivity (Wildman–Crippen MR) is 128 cm³/mol. The lowest BCUT2D eigenvalue weighted by Crippen LogP contribution is -2.48. The zero-order valence-electron chi connectivity index (χ0n) is 18.7. The monoisotopic (exact) mass is 461 g/mol. The molecule has 0 spiro atoms. The molecule has 0 aliphatic heterocycles. The fraction of sp³-hybridized carbons (Fsp3) is 0.522. The second-order valence-electron chi connectivity index (χ2n) is 8.32. The molecule has 0 saturated heterocycles. The lowest BCUT2D eigenvalue weighted by Gasteiger charge is -2.30. The molecule has 0 bridgehead atoms. The number of rotatable bonds is 9. The molecule has 1 heterocycles. The third kappa shape index (κ3) is 5.24. The van der Waals surface area contributed by atoms with Crippen LogP contribution >= 0.6 is 11.6 Å². The zero-order chi connectivity index (χ0) is 23.3. The number of nitrogens with one attached hydrogen (secondary N) is 2. The van der Waals surface area contributed by atoms with Crippen LogP contribution in [0.1, 0.15) is 64.0 Å². The van der Waals surface area contributed by atoms with E-state index in [9.17, 15) is 14.4 Å². The summed E-state index contributed by atoms with van der Waals surface area (Å²) in [6.07, 6.45) is 5.15. The molecule has 0 unspecified atom stereocenters. The Morgan fingerprint density at radius 2 is 2.00 bits per heavy atom. The van der Waals surface area contributed by atoms with Crippen molar-refractivity contribution in [2.45, 2.75) is 71.0 Å². The number of benzene rings is 1. The number of H-pyrrole nitrogens is 1. The highest BCUT2D eigenvalue weighted by molar-refractivity contribution is 6.31. The highest BCUT2D eigenvalue weighted by atomic mass is 35.5. The Kier molecular flexibility index (Phi) is 8.15. The maximum Gasteiger partial charge on any atom is 0.330 e. The molecule has 2 aromatic rings. The van der Waals surface area contributed by atoms with Crippen LogP contribution < -0.4 is 27.2 Å². The Balaban J connectivity index is 1.90. The molecule has 1 saturated carbocycles. The van der Waals surface area contributed by atoms with Gasteiger partial charge in [-0.05, 0) is 37.8 Å². The number of unbranched alkanes of at least 4 members (excludes halogenated alkanes) is 1. The molecule has 1 aromatic heterocycles. The van der Waals surface area contributed by atoms with Crippen molar-refractivity contribution in [2.75, 3.05) is 17.2 Å². The van der Waals surface area contributed by atoms with Gasteiger partial charge in [0, 0.05) is 23.7 Å². The van der Waals surface area contributed by atoms with Crippen LogP contribution in [0.3, 0.4) is 0 Å². The van der Waals surface area contributed by atoms with Crippen LogP contribution in [0.2, 0.25) is 5.02 Å². The van der Waals surface area contributed by atoms with Crippen molar-refractivity contribution in [1.82, 2.24) is 14.9 Å². The van der Waals surface area contributed by atoms with Crippen molar-refractivity contribution in [1.29, 1.82) is 0 Å². The predicted octanol–water partition coefficient (Wildman–Crippen LogP) is 3.20. The highest BCUT2D eigenvalue weighted by Gasteiger charge is 2.32. The first-order chi connectivity index (χ1) is 15.3. The molecular formula is C23H32ClN5O3. The topological polar surface area (TPSA) is 113 Å². The third-order valence-electron chi connectivity index (χ3n) is 6.08. The number of hydrogen-bond acceptors (Lipinski definition) is 5. The van der Waals surface area contributed by atoms with Gasteiger partial charge in [0.2, 0.25) is 5.91 Å². The number of nitrogens with two attached hydrogens (primary N) is 1. The second-order valence-corrected chi connectivity index (χ2v) is 8.73. The molecule has 8 nitrogen and oxygen atoms in total. The first kappa shape index (κ1) is 24.1. The van der Waals surface area contributed by atoms with Gasteiger partial charge in [-0.1, -0.05) is 56.0 Å². The van der Waals surface area contributed by atoms with E-state index in [1.54, 1.807) is 0 Å². The quantitative estimate of drug-likeness (QED) is 0.530. The number of anilines is 2. The summed E-state index contributed by atoms with van der Waals surface area (Å²) in [5.74, 6) is -0.208. The highest BCUT2D eigenvalue weighted by Crippen LogP contribution is 2.29. The number of aromatic amines is 1. The number of carbonyl (C=O) groups is 1. The molecule has 174 valence electrons. The van der Waals surface area contributed by atoms with E-state index < -0.39 is 11.2 Å². The molecule has 1 atom stereocenters. The number of halogens is 1. The maximum absolute atomic E-state index is 13.4. The summed E-state index contributed by atoms with van der Waals surface area (Å²) in [7, 11) is 0. The fourth-order valence-corrected chi connectivity index (χ4v) is 4.58. The zero-order valence-corrected chi connectivity index (χ0v) is 19.5. The average Bonchev–Trinajstić information content (AvgIpc) is 3.29. The summed E-state index contributed by atoms with van der Waals surface area (Å²) in [5, 5.41) is 3.84. The fourth-order valence-electron chi connectivity index (χ4n) is 4.28. The van der Waals surface area contributed by atoms with Gasteiger partial charge in [0.05, 0.1) is 6.54 Å². The Labute approximate surface area is 192 Å². The summed E-state index contributed by atoms with van der Waals surface area (Å²) in [6.45, 7) is 4.34. The summed E-state index contributed by atoms with van der Waals surface area (Å²) >= 11 is 6.28. The minimum Gasteiger partial charge on any atom is -0.383 e. The number of nitrogens with zero attached hydrogens (tertiary/aromatic N) is 2. The molecule has 32 heavy (non-hydrogen) atoms. The van der Waals surface area contributed by atoms with Crippen molar-refractivity contribution in [2.24, 2.45) is 0 Å². The van der Waals surface area contributed by atoms with Crippen molar-refractivity contribution in [3.8, 4) is 0 Å². The van der Waals surface area contributed by atoms with Gasteiger partial charge in [0.15, 0.2) is 5.69 Å². The van der Waals surface area contributed by atoms with Crippen molar-refractivity contribution in [3.63, 3.8) is 0 Å². The lowest BCUT2D eigenvalue weighted by molar-refractivity contribution is -0.118. The van der Waals surface area contributed by atoms with Gasteiger partial charge < -0.3 is 16.0 Å². The first-order valence-corrected chi connectivity index (χ1v) is 11.6. The standard InChI is InChI=1S/C23H32ClN5O3/c1-3-4-13-28-21(25)20(22(31)27-23(28)32)29(16-9-5-6-10-16)19(30)14-26-15(2)17-11-7-8-12-18(17)24/h7-8,11-12,15-16,26H,3-6,9-10,13-14,25H2,1-2H3,(H,27,31,32)/t15-/m1/s1. The molecule has 3 rings (SSSR count). The van der Waals surface area contributed by atoms with E-state index in [0.29, 0.717) is 11.6 Å². The molecule has 1 aliphatic rings. The normalized spacial score (nSPS) is 15.1. The van der Waals surface area contributed by atoms with Gasteiger partial charge in [-0.3, -0.25) is 19.1 Å². The molecule has 1 aromatic carbocycles. The molecule has 1 amide bonds. The number of hydrogen-bond donors (Lipinski definition) is 3. The van der Waals surface area contributed by atoms with E-state index in [0.717, 1.165) is 44.1 Å². The SMILES string of the molecule is CCCCn1c(N)c(N(C(=O)CN[C@H](C)c2ccccc2Cl)C2CCCC2)c(=O)[nH]c1=O. The molecule has 0 radical (unpaired) electrons. The number of nitrogen functional groups attached to an aromatic ring is 1. The number of carbonyl (C=O) groups excluding carboxylic acids is 1. The van der Waals surface area contributed by atoms with Gasteiger partial charge >= 0.3 is 5.69 Å². The second kappa shape index (κ2) is 10.8. The molecule has 1 fully saturated rings. The van der Waals surface area contributed by atoms with E-state index in [-0.39, 0.29) is 36.0 Å². The smallest absolute Gasteiger partial charge is 0.330 e. The van der Waals surface area contributed by atoms with Gasteiger partial charge in [0.25, 0.3) is 5.56 Å². The molecule has 9 heteroatoms. The molecule has 1 aliphatic carbocycles. The lowest BCUT2D eigenvalue weighted by atomic mass is 10.1. The van der Waals surface area contributed by atoms with Crippen LogP contribution in [0.25, 0.3) is 0 Å². The largest absolute Gasteiger partial charge is 0.383 e. The average molecular weight is 462 g/mol. The maximum atomic E-state index is 13.4. The number of aromatic nitrogens is 2. The third-order valence-corrected chi connectivity index (χ3v) is 6.42. The van der Waals surface area contributed by atoms with E-state index >= 15 is 0 Å². The molecular weight excluding hydrogens is 430 g/mol. The molecule has 4 N–H and O–H groups in total.